The van der Waals surface area contributed by atoms with Crippen LogP contribution in [0, 0.1) is 0 Å². The van der Waals surface area contributed by atoms with Gasteiger partial charge in [0.1, 0.15) is 5.82 Å². The largest absolute Gasteiger partial charge is 0.309 e. The number of hydrogen-bond acceptors (Lipinski definition) is 4. The first-order chi connectivity index (χ1) is 27.3. The lowest BCUT2D eigenvalue weighted by Gasteiger charge is -2.28. The van der Waals surface area contributed by atoms with Gasteiger partial charge in [0.15, 0.2) is 0 Å². The van der Waals surface area contributed by atoms with Crippen LogP contribution in [0.25, 0.3) is 49.5 Å². The fourth-order valence-corrected chi connectivity index (χ4v) is 7.68. The molecule has 10 rings (SSSR count). The van der Waals surface area contributed by atoms with Crippen molar-refractivity contribution in [1.29, 1.82) is 0 Å². The van der Waals surface area contributed by atoms with Crippen LogP contribution in [0.15, 0.2) is 212 Å². The summed E-state index contributed by atoms with van der Waals surface area (Å²) in [6.07, 6.45) is 0. The summed E-state index contributed by atoms with van der Waals surface area (Å²) in [5.74, 6) is 1.32. The maximum Gasteiger partial charge on any atom is 0.237 e. The lowest BCUT2D eigenvalue weighted by atomic mass is 10.1. The predicted molar refractivity (Wildman–Crippen MR) is 229 cm³/mol. The van der Waals surface area contributed by atoms with Gasteiger partial charge in [-0.3, -0.25) is 9.80 Å². The lowest BCUT2D eigenvalue weighted by Crippen LogP contribution is -2.18. The molecule has 0 aliphatic carbocycles. The van der Waals surface area contributed by atoms with Gasteiger partial charge >= 0.3 is 0 Å². The zero-order valence-electron chi connectivity index (χ0n) is 29.9. The summed E-state index contributed by atoms with van der Waals surface area (Å²) in [5, 5.41) is 4.66. The van der Waals surface area contributed by atoms with Gasteiger partial charge in [0.05, 0.1) is 22.4 Å². The summed E-state index contributed by atoms with van der Waals surface area (Å²) < 4.78 is 2.35. The molecule has 2 aromatic heterocycles. The van der Waals surface area contributed by atoms with Gasteiger partial charge in [-0.05, 0) is 72.1 Å². The number of anilines is 6. The van der Waals surface area contributed by atoms with Crippen LogP contribution in [0.5, 0.6) is 0 Å². The number of rotatable bonds is 8. The molecule has 0 aliphatic rings. The fraction of sp³-hybridized carbons (Fsp3) is 0. The summed E-state index contributed by atoms with van der Waals surface area (Å²) in [4.78, 5) is 15.3. The predicted octanol–water partition coefficient (Wildman–Crippen LogP) is 13.3. The SMILES string of the molecule is c1ccc(N(c2ccccc2)c2cc(-c3ccc4c5ccccc5n(-c5ccccc5)c4c3)nc(N(c3ccccc3)c3cccc4ccccc34)n2)cc1. The van der Waals surface area contributed by atoms with E-state index in [1.54, 1.807) is 0 Å². The minimum atomic E-state index is 0.565. The molecule has 0 unspecified atom stereocenters. The standard InChI is InChI=1S/C50H35N5/c1-5-20-38(21-6-1)53(39-22-7-2-8-23-39)49-35-45(37-32-33-44-43-29-15-16-30-47(43)54(48(44)34-37)40-24-9-3-10-25-40)51-50(52-49)55(41-26-11-4-12-27-41)46-31-17-19-36-18-13-14-28-42(36)46/h1-35H. The van der Waals surface area contributed by atoms with E-state index in [0.717, 1.165) is 67.3 Å². The van der Waals surface area contributed by atoms with E-state index in [1.165, 1.54) is 10.8 Å². The van der Waals surface area contributed by atoms with Crippen molar-refractivity contribution < 1.29 is 0 Å². The van der Waals surface area contributed by atoms with Crippen molar-refractivity contribution in [3.05, 3.63) is 212 Å². The number of aromatic nitrogens is 3. The Kier molecular flexibility index (Phi) is 8.08. The third-order valence-corrected chi connectivity index (χ3v) is 10.2. The Balaban J connectivity index is 1.27. The number of fused-ring (bicyclic) bond motifs is 4. The first kappa shape index (κ1) is 32.2. The van der Waals surface area contributed by atoms with Crippen molar-refractivity contribution in [3.63, 3.8) is 0 Å². The van der Waals surface area contributed by atoms with Gasteiger partial charge in [-0.25, -0.2) is 4.98 Å². The summed E-state index contributed by atoms with van der Waals surface area (Å²) in [5.41, 5.74) is 9.15. The van der Waals surface area contributed by atoms with Gasteiger partial charge in [-0.15, -0.1) is 0 Å². The van der Waals surface area contributed by atoms with E-state index in [2.05, 4.69) is 208 Å². The molecular weight excluding hydrogens is 671 g/mol. The Morgan fingerprint density at radius 3 is 1.62 bits per heavy atom. The van der Waals surface area contributed by atoms with E-state index in [1.807, 2.05) is 18.2 Å². The van der Waals surface area contributed by atoms with Crippen molar-refractivity contribution in [2.75, 3.05) is 9.80 Å². The highest BCUT2D eigenvalue weighted by molar-refractivity contribution is 6.10. The van der Waals surface area contributed by atoms with Crippen LogP contribution in [0.3, 0.4) is 0 Å². The van der Waals surface area contributed by atoms with Crippen molar-refractivity contribution in [2.45, 2.75) is 0 Å². The van der Waals surface area contributed by atoms with E-state index in [0.29, 0.717) is 5.95 Å². The van der Waals surface area contributed by atoms with Crippen LogP contribution in [0.4, 0.5) is 34.5 Å². The molecule has 0 spiro atoms. The Bertz CT molecular complexity index is 2880. The average Bonchev–Trinajstić information content (AvgIpc) is 3.59. The van der Waals surface area contributed by atoms with Gasteiger partial charge in [-0.2, -0.15) is 4.98 Å². The third-order valence-electron chi connectivity index (χ3n) is 10.2. The molecule has 5 heteroatoms. The smallest absolute Gasteiger partial charge is 0.237 e. The molecule has 8 aromatic carbocycles. The van der Waals surface area contributed by atoms with Gasteiger partial charge in [0, 0.05) is 50.5 Å². The van der Waals surface area contributed by atoms with Crippen LogP contribution >= 0.6 is 0 Å². The summed E-state index contributed by atoms with van der Waals surface area (Å²) in [6, 6.07) is 74.2. The lowest BCUT2D eigenvalue weighted by molar-refractivity contribution is 1.06. The van der Waals surface area contributed by atoms with E-state index in [-0.39, 0.29) is 0 Å². The molecule has 10 aromatic rings. The molecule has 55 heavy (non-hydrogen) atoms. The fourth-order valence-electron chi connectivity index (χ4n) is 7.68. The maximum absolute atomic E-state index is 5.48. The third kappa shape index (κ3) is 5.85. The number of para-hydroxylation sites is 5. The summed E-state index contributed by atoms with van der Waals surface area (Å²) in [7, 11) is 0. The Morgan fingerprint density at radius 2 is 0.927 bits per heavy atom. The normalized spacial score (nSPS) is 11.3. The molecule has 0 atom stereocenters. The van der Waals surface area contributed by atoms with Crippen LogP contribution in [0.1, 0.15) is 0 Å². The highest BCUT2D eigenvalue weighted by Gasteiger charge is 2.23. The Hall–Kier alpha value is -7.50. The molecule has 0 radical (unpaired) electrons. The minimum Gasteiger partial charge on any atom is -0.309 e. The minimum absolute atomic E-state index is 0.565. The van der Waals surface area contributed by atoms with E-state index < -0.39 is 0 Å². The van der Waals surface area contributed by atoms with E-state index >= 15 is 0 Å². The van der Waals surface area contributed by atoms with Crippen molar-refractivity contribution in [2.24, 2.45) is 0 Å². The molecule has 0 N–H and O–H groups in total. The second-order valence-electron chi connectivity index (χ2n) is 13.5. The Morgan fingerprint density at radius 1 is 0.382 bits per heavy atom. The second kappa shape index (κ2) is 13.8. The summed E-state index contributed by atoms with van der Waals surface area (Å²) >= 11 is 0. The van der Waals surface area contributed by atoms with Gasteiger partial charge in [-0.1, -0.05) is 140 Å². The zero-order chi connectivity index (χ0) is 36.6. The number of hydrogen-bond donors (Lipinski definition) is 0. The monoisotopic (exact) mass is 705 g/mol. The van der Waals surface area contributed by atoms with Gasteiger partial charge in [0.2, 0.25) is 5.95 Å². The Labute approximate surface area is 319 Å². The molecule has 0 amide bonds. The second-order valence-corrected chi connectivity index (χ2v) is 13.5. The molecule has 0 saturated carbocycles. The van der Waals surface area contributed by atoms with Crippen molar-refractivity contribution >= 4 is 67.1 Å². The van der Waals surface area contributed by atoms with Crippen LogP contribution in [-0.2, 0) is 0 Å². The van der Waals surface area contributed by atoms with Gasteiger partial charge in [0.25, 0.3) is 0 Å². The topological polar surface area (TPSA) is 37.2 Å². The average molecular weight is 706 g/mol. The van der Waals surface area contributed by atoms with Crippen LogP contribution in [0.2, 0.25) is 0 Å². The molecule has 0 aliphatic heterocycles. The molecule has 5 nitrogen and oxygen atoms in total. The number of nitrogens with zero attached hydrogens (tertiary/aromatic N) is 5. The molecular formula is C50H35N5. The molecule has 260 valence electrons. The first-order valence-electron chi connectivity index (χ1n) is 18.5. The quantitative estimate of drug-likeness (QED) is 0.158. The summed E-state index contributed by atoms with van der Waals surface area (Å²) in [6.45, 7) is 0. The van der Waals surface area contributed by atoms with Gasteiger partial charge < -0.3 is 4.57 Å². The van der Waals surface area contributed by atoms with Crippen molar-refractivity contribution in [1.82, 2.24) is 14.5 Å². The zero-order valence-corrected chi connectivity index (χ0v) is 29.9. The van der Waals surface area contributed by atoms with Crippen LogP contribution < -0.4 is 9.80 Å². The number of benzene rings is 8. The molecule has 0 bridgehead atoms. The highest BCUT2D eigenvalue weighted by atomic mass is 15.3. The van der Waals surface area contributed by atoms with Crippen molar-refractivity contribution in [3.8, 4) is 16.9 Å². The van der Waals surface area contributed by atoms with E-state index in [4.69, 9.17) is 9.97 Å². The van der Waals surface area contributed by atoms with E-state index in [9.17, 15) is 0 Å². The molecule has 0 fully saturated rings. The first-order valence-corrected chi connectivity index (χ1v) is 18.5. The molecule has 0 saturated heterocycles. The maximum atomic E-state index is 5.48. The van der Waals surface area contributed by atoms with Crippen LogP contribution in [-0.4, -0.2) is 14.5 Å². The molecule has 2 heterocycles. The highest BCUT2D eigenvalue weighted by Crippen LogP contribution is 2.42.